The summed E-state index contributed by atoms with van der Waals surface area (Å²) < 4.78 is 10.2. The molecular formula is C28H18N2OS. The van der Waals surface area contributed by atoms with Crippen molar-refractivity contribution in [3.8, 4) is 17.0 Å². The van der Waals surface area contributed by atoms with Crippen LogP contribution in [0.15, 0.2) is 91.0 Å². The standard InChI is InChI=1S/C28H18N2OS/c1-31-19-13-10-18(11-14-19)24-16-22-21-8-4-5-9-25(21)32-27(22)28-29-26-20-7-3-2-6-17(20)12-15-23(26)30(24)28/h2-16H,1H3. The van der Waals surface area contributed by atoms with Crippen molar-refractivity contribution in [2.75, 3.05) is 7.11 Å². The first-order valence-corrected chi connectivity index (χ1v) is 11.4. The zero-order chi connectivity index (χ0) is 21.2. The van der Waals surface area contributed by atoms with E-state index in [0.29, 0.717) is 0 Å². The van der Waals surface area contributed by atoms with E-state index in [1.807, 2.05) is 23.5 Å². The van der Waals surface area contributed by atoms with Crippen LogP contribution in [0.25, 0.3) is 58.9 Å². The van der Waals surface area contributed by atoms with Gasteiger partial charge in [-0.2, -0.15) is 0 Å². The molecule has 0 spiro atoms. The van der Waals surface area contributed by atoms with Crippen molar-refractivity contribution >= 4 is 59.0 Å². The molecule has 0 fully saturated rings. The normalized spacial score (nSPS) is 11.9. The minimum absolute atomic E-state index is 0.855. The van der Waals surface area contributed by atoms with E-state index in [-0.39, 0.29) is 0 Å². The molecule has 0 aliphatic heterocycles. The molecule has 0 N–H and O–H groups in total. The van der Waals surface area contributed by atoms with E-state index in [2.05, 4.69) is 83.3 Å². The van der Waals surface area contributed by atoms with Crippen LogP contribution in [-0.2, 0) is 0 Å². The molecule has 7 aromatic rings. The highest BCUT2D eigenvalue weighted by Gasteiger charge is 2.18. The SMILES string of the molecule is COc1ccc(-c2cc3c4ccccc4sc3c3nc4c5ccccc5ccc4n23)cc1. The van der Waals surface area contributed by atoms with Crippen molar-refractivity contribution in [3.05, 3.63) is 91.0 Å². The van der Waals surface area contributed by atoms with Crippen LogP contribution in [0, 0.1) is 0 Å². The summed E-state index contributed by atoms with van der Waals surface area (Å²) in [6, 6.07) is 32.1. The first-order valence-electron chi connectivity index (χ1n) is 10.6. The Hall–Kier alpha value is -3.89. The van der Waals surface area contributed by atoms with E-state index in [1.54, 1.807) is 7.11 Å². The summed E-state index contributed by atoms with van der Waals surface area (Å²) in [6.07, 6.45) is 0. The number of benzene rings is 4. The average molecular weight is 431 g/mol. The second kappa shape index (κ2) is 6.55. The van der Waals surface area contributed by atoms with Gasteiger partial charge in [0.25, 0.3) is 0 Å². The van der Waals surface area contributed by atoms with Gasteiger partial charge in [0.2, 0.25) is 0 Å². The van der Waals surface area contributed by atoms with Gasteiger partial charge >= 0.3 is 0 Å². The van der Waals surface area contributed by atoms with Crippen LogP contribution in [0.4, 0.5) is 0 Å². The molecule has 0 aliphatic carbocycles. The van der Waals surface area contributed by atoms with E-state index >= 15 is 0 Å². The third-order valence-electron chi connectivity index (χ3n) is 6.29. The lowest BCUT2D eigenvalue weighted by Gasteiger charge is -2.10. The van der Waals surface area contributed by atoms with E-state index in [4.69, 9.17) is 9.72 Å². The smallest absolute Gasteiger partial charge is 0.156 e. The highest BCUT2D eigenvalue weighted by atomic mass is 32.1. The van der Waals surface area contributed by atoms with Crippen LogP contribution < -0.4 is 4.74 Å². The lowest BCUT2D eigenvalue weighted by Crippen LogP contribution is -1.93. The number of pyridine rings is 1. The van der Waals surface area contributed by atoms with Crippen molar-refractivity contribution in [2.24, 2.45) is 0 Å². The number of thiophene rings is 1. The number of aromatic nitrogens is 2. The molecule has 3 heterocycles. The first kappa shape index (κ1) is 17.8. The van der Waals surface area contributed by atoms with E-state index < -0.39 is 0 Å². The van der Waals surface area contributed by atoms with Crippen LogP contribution in [-0.4, -0.2) is 16.5 Å². The molecule has 0 amide bonds. The number of methoxy groups -OCH3 is 1. The van der Waals surface area contributed by atoms with Gasteiger partial charge in [0.05, 0.1) is 28.5 Å². The van der Waals surface area contributed by atoms with Gasteiger partial charge < -0.3 is 4.74 Å². The van der Waals surface area contributed by atoms with Crippen molar-refractivity contribution in [1.29, 1.82) is 0 Å². The highest BCUT2D eigenvalue weighted by molar-refractivity contribution is 7.26. The Morgan fingerprint density at radius 2 is 1.56 bits per heavy atom. The summed E-state index contributed by atoms with van der Waals surface area (Å²) in [6.45, 7) is 0. The maximum Gasteiger partial charge on any atom is 0.156 e. The molecule has 4 aromatic carbocycles. The summed E-state index contributed by atoms with van der Waals surface area (Å²) in [5, 5.41) is 4.93. The maximum absolute atomic E-state index is 5.39. The van der Waals surface area contributed by atoms with Crippen LogP contribution in [0.1, 0.15) is 0 Å². The lowest BCUT2D eigenvalue weighted by atomic mass is 10.1. The molecule has 4 heteroatoms. The first-order chi connectivity index (χ1) is 15.8. The average Bonchev–Trinajstić information content (AvgIpc) is 3.43. The predicted octanol–water partition coefficient (Wildman–Crippen LogP) is 7.68. The molecule has 0 atom stereocenters. The minimum Gasteiger partial charge on any atom is -0.497 e. The zero-order valence-electron chi connectivity index (χ0n) is 17.4. The van der Waals surface area contributed by atoms with Crippen LogP contribution in [0.2, 0.25) is 0 Å². The summed E-state index contributed by atoms with van der Waals surface area (Å²) >= 11 is 1.82. The Labute approximate surface area is 188 Å². The summed E-state index contributed by atoms with van der Waals surface area (Å²) in [5.74, 6) is 0.855. The third kappa shape index (κ3) is 2.38. The molecule has 3 aromatic heterocycles. The number of hydrogen-bond acceptors (Lipinski definition) is 3. The third-order valence-corrected chi connectivity index (χ3v) is 7.48. The second-order valence-electron chi connectivity index (χ2n) is 8.02. The van der Waals surface area contributed by atoms with Gasteiger partial charge in [0.1, 0.15) is 5.75 Å². The van der Waals surface area contributed by atoms with Crippen molar-refractivity contribution in [1.82, 2.24) is 9.38 Å². The Bertz CT molecular complexity index is 1810. The highest BCUT2D eigenvalue weighted by Crippen LogP contribution is 2.41. The van der Waals surface area contributed by atoms with E-state index in [1.165, 1.54) is 30.9 Å². The second-order valence-corrected chi connectivity index (χ2v) is 9.08. The number of hydrogen-bond donors (Lipinski definition) is 0. The van der Waals surface area contributed by atoms with Gasteiger partial charge in [0.15, 0.2) is 5.65 Å². The number of fused-ring (bicyclic) bond motifs is 9. The predicted molar refractivity (Wildman–Crippen MR) is 135 cm³/mol. The summed E-state index contributed by atoms with van der Waals surface area (Å²) in [5.41, 5.74) is 5.46. The lowest BCUT2D eigenvalue weighted by molar-refractivity contribution is 0.415. The number of ether oxygens (including phenoxy) is 1. The summed E-state index contributed by atoms with van der Waals surface area (Å²) in [4.78, 5) is 5.24. The summed E-state index contributed by atoms with van der Waals surface area (Å²) in [7, 11) is 1.70. The number of nitrogens with zero attached hydrogens (tertiary/aromatic N) is 2. The van der Waals surface area contributed by atoms with Crippen LogP contribution >= 0.6 is 11.3 Å². The molecule has 0 saturated carbocycles. The fourth-order valence-corrected chi connectivity index (χ4v) is 5.92. The Kier molecular flexibility index (Phi) is 3.64. The molecular weight excluding hydrogens is 412 g/mol. The van der Waals surface area contributed by atoms with Crippen LogP contribution in [0.5, 0.6) is 5.75 Å². The van der Waals surface area contributed by atoms with Crippen LogP contribution in [0.3, 0.4) is 0 Å². The molecule has 7 rings (SSSR count). The zero-order valence-corrected chi connectivity index (χ0v) is 18.2. The van der Waals surface area contributed by atoms with Gasteiger partial charge in [-0.25, -0.2) is 4.98 Å². The molecule has 0 unspecified atom stereocenters. The number of imidazole rings is 1. The van der Waals surface area contributed by atoms with Gasteiger partial charge in [0, 0.05) is 20.9 Å². The van der Waals surface area contributed by atoms with Gasteiger partial charge in [-0.1, -0.05) is 48.5 Å². The van der Waals surface area contributed by atoms with Crippen molar-refractivity contribution < 1.29 is 4.74 Å². The largest absolute Gasteiger partial charge is 0.497 e. The Balaban J connectivity index is 1.71. The minimum atomic E-state index is 0.855. The van der Waals surface area contributed by atoms with Gasteiger partial charge in [-0.3, -0.25) is 4.40 Å². The van der Waals surface area contributed by atoms with E-state index in [9.17, 15) is 0 Å². The quantitative estimate of drug-likeness (QED) is 0.281. The Morgan fingerprint density at radius 1 is 0.781 bits per heavy atom. The van der Waals surface area contributed by atoms with Gasteiger partial charge in [-0.05, 0) is 53.4 Å². The van der Waals surface area contributed by atoms with E-state index in [0.717, 1.165) is 33.7 Å². The number of rotatable bonds is 2. The topological polar surface area (TPSA) is 26.5 Å². The fourth-order valence-electron chi connectivity index (χ4n) is 4.76. The van der Waals surface area contributed by atoms with Crippen molar-refractivity contribution in [2.45, 2.75) is 0 Å². The molecule has 0 aliphatic rings. The maximum atomic E-state index is 5.39. The van der Waals surface area contributed by atoms with Crippen molar-refractivity contribution in [3.63, 3.8) is 0 Å². The molecule has 0 saturated heterocycles. The molecule has 32 heavy (non-hydrogen) atoms. The molecule has 3 nitrogen and oxygen atoms in total. The monoisotopic (exact) mass is 430 g/mol. The molecule has 0 radical (unpaired) electrons. The Morgan fingerprint density at radius 3 is 2.41 bits per heavy atom. The molecule has 0 bridgehead atoms. The molecule has 152 valence electrons. The fraction of sp³-hybridized carbons (Fsp3) is 0.0357. The van der Waals surface area contributed by atoms with Gasteiger partial charge in [-0.15, -0.1) is 11.3 Å².